The van der Waals surface area contributed by atoms with E-state index in [4.69, 9.17) is 9.40 Å². The third-order valence-electron chi connectivity index (χ3n) is 6.08. The highest BCUT2D eigenvalue weighted by Gasteiger charge is 2.22. The van der Waals surface area contributed by atoms with Crippen LogP contribution in [-0.2, 0) is 13.0 Å². The average Bonchev–Trinajstić information content (AvgIpc) is 3.44. The molecule has 1 aliphatic heterocycles. The molecule has 1 saturated heterocycles. The van der Waals surface area contributed by atoms with Crippen LogP contribution in [0.25, 0.3) is 11.0 Å². The van der Waals surface area contributed by atoms with Crippen molar-refractivity contribution in [2.45, 2.75) is 25.8 Å². The first-order valence-electron chi connectivity index (χ1n) is 11.0. The summed E-state index contributed by atoms with van der Waals surface area (Å²) >= 11 is 0. The van der Waals surface area contributed by atoms with E-state index in [0.717, 1.165) is 50.4 Å². The summed E-state index contributed by atoms with van der Waals surface area (Å²) in [5, 5.41) is 3.30. The van der Waals surface area contributed by atoms with Crippen molar-refractivity contribution in [1.29, 1.82) is 0 Å². The van der Waals surface area contributed by atoms with Crippen LogP contribution in [0, 0.1) is 5.92 Å². The number of aromatic nitrogens is 4. The summed E-state index contributed by atoms with van der Waals surface area (Å²) in [5.74, 6) is 3.50. The minimum absolute atomic E-state index is 0.661. The summed E-state index contributed by atoms with van der Waals surface area (Å²) in [6.45, 7) is 4.87. The van der Waals surface area contributed by atoms with Gasteiger partial charge in [-0.1, -0.05) is 12.1 Å². The van der Waals surface area contributed by atoms with E-state index in [9.17, 15) is 0 Å². The number of rotatable bonds is 8. The maximum Gasteiger partial charge on any atom is 0.222 e. The minimum atomic E-state index is 0.661. The summed E-state index contributed by atoms with van der Waals surface area (Å²) in [5.41, 5.74) is 2.25. The maximum absolute atomic E-state index is 5.61. The van der Waals surface area contributed by atoms with Crippen molar-refractivity contribution in [3.63, 3.8) is 0 Å². The summed E-state index contributed by atoms with van der Waals surface area (Å²) in [6, 6.07) is 14.2. The number of anilines is 1. The fourth-order valence-corrected chi connectivity index (χ4v) is 4.40. The molecule has 0 radical (unpaired) electrons. The molecule has 31 heavy (non-hydrogen) atoms. The first-order chi connectivity index (χ1) is 15.3. The van der Waals surface area contributed by atoms with Gasteiger partial charge in [0.1, 0.15) is 11.6 Å². The van der Waals surface area contributed by atoms with Gasteiger partial charge in [0.2, 0.25) is 5.95 Å². The standard InChI is InChI=1S/C24H28N6O/c1-2-7-22-21(6-1)28-23(30(22)18-20-5-3-16-31-20)17-19-8-13-29(14-9-19)15-12-27-24-25-10-4-11-26-24/h1-7,10-11,16,19H,8-9,12-15,17-18H2,(H,25,26,27). The predicted molar refractivity (Wildman–Crippen MR) is 121 cm³/mol. The Hall–Kier alpha value is -3.19. The van der Waals surface area contributed by atoms with Crippen molar-refractivity contribution in [2.75, 3.05) is 31.5 Å². The first-order valence-corrected chi connectivity index (χ1v) is 11.0. The molecule has 3 aromatic heterocycles. The number of fused-ring (bicyclic) bond motifs is 1. The van der Waals surface area contributed by atoms with E-state index >= 15 is 0 Å². The van der Waals surface area contributed by atoms with Gasteiger partial charge in [-0.3, -0.25) is 0 Å². The van der Waals surface area contributed by atoms with Gasteiger partial charge < -0.3 is 19.2 Å². The highest BCUT2D eigenvalue weighted by molar-refractivity contribution is 5.76. The van der Waals surface area contributed by atoms with Gasteiger partial charge in [0, 0.05) is 31.9 Å². The Morgan fingerprint density at radius 1 is 1.00 bits per heavy atom. The summed E-state index contributed by atoms with van der Waals surface area (Å²) in [6.07, 6.45) is 8.68. The molecular weight excluding hydrogens is 388 g/mol. The quantitative estimate of drug-likeness (QED) is 0.471. The molecule has 7 nitrogen and oxygen atoms in total. The number of likely N-dealkylation sites (tertiary alicyclic amines) is 1. The molecule has 1 fully saturated rings. The van der Waals surface area contributed by atoms with Crippen LogP contribution in [-0.4, -0.2) is 50.6 Å². The zero-order chi connectivity index (χ0) is 20.9. The van der Waals surface area contributed by atoms with Crippen LogP contribution < -0.4 is 5.32 Å². The van der Waals surface area contributed by atoms with Crippen molar-refractivity contribution in [3.05, 3.63) is 72.7 Å². The Bertz CT molecular complexity index is 1080. The topological polar surface area (TPSA) is 72.0 Å². The molecule has 4 heterocycles. The zero-order valence-electron chi connectivity index (χ0n) is 17.7. The number of nitrogens with zero attached hydrogens (tertiary/aromatic N) is 5. The van der Waals surface area contributed by atoms with Gasteiger partial charge in [-0.05, 0) is 62.2 Å². The first kappa shape index (κ1) is 19.8. The van der Waals surface area contributed by atoms with Gasteiger partial charge >= 0.3 is 0 Å². The second kappa shape index (κ2) is 9.31. The normalized spacial score (nSPS) is 15.5. The number of furan rings is 1. The zero-order valence-corrected chi connectivity index (χ0v) is 17.7. The van der Waals surface area contributed by atoms with Gasteiger partial charge in [0.05, 0.1) is 23.8 Å². The second-order valence-electron chi connectivity index (χ2n) is 8.17. The van der Waals surface area contributed by atoms with Crippen LogP contribution in [0.2, 0.25) is 0 Å². The molecule has 0 bridgehead atoms. The molecular formula is C24H28N6O. The van der Waals surface area contributed by atoms with E-state index in [-0.39, 0.29) is 0 Å². The smallest absolute Gasteiger partial charge is 0.222 e. The predicted octanol–water partition coefficient (Wildman–Crippen LogP) is 3.83. The summed E-state index contributed by atoms with van der Waals surface area (Å²) in [4.78, 5) is 15.9. The van der Waals surface area contributed by atoms with E-state index in [1.807, 2.05) is 18.2 Å². The Kier molecular flexibility index (Phi) is 5.93. The van der Waals surface area contributed by atoms with Crippen molar-refractivity contribution >= 4 is 17.0 Å². The van der Waals surface area contributed by atoms with Crippen LogP contribution >= 0.6 is 0 Å². The number of benzene rings is 1. The van der Waals surface area contributed by atoms with Crippen molar-refractivity contribution in [1.82, 2.24) is 24.4 Å². The molecule has 5 rings (SSSR count). The van der Waals surface area contributed by atoms with Crippen LogP contribution in [0.3, 0.4) is 0 Å². The number of hydrogen-bond acceptors (Lipinski definition) is 6. The van der Waals surface area contributed by atoms with Crippen LogP contribution in [0.15, 0.2) is 65.5 Å². The lowest BCUT2D eigenvalue weighted by Gasteiger charge is -2.31. The Labute approximate surface area is 182 Å². The second-order valence-corrected chi connectivity index (χ2v) is 8.17. The van der Waals surface area contributed by atoms with E-state index < -0.39 is 0 Å². The maximum atomic E-state index is 5.61. The van der Waals surface area contributed by atoms with Gasteiger partial charge in [0.25, 0.3) is 0 Å². The Morgan fingerprint density at radius 2 is 1.84 bits per heavy atom. The van der Waals surface area contributed by atoms with Gasteiger partial charge in [-0.2, -0.15) is 0 Å². The van der Waals surface area contributed by atoms with Crippen LogP contribution in [0.1, 0.15) is 24.4 Å². The van der Waals surface area contributed by atoms with E-state index in [2.05, 4.69) is 49.0 Å². The van der Waals surface area contributed by atoms with Gasteiger partial charge in [-0.15, -0.1) is 0 Å². The molecule has 1 aliphatic rings. The van der Waals surface area contributed by atoms with E-state index in [1.165, 1.54) is 24.2 Å². The number of imidazole rings is 1. The van der Waals surface area contributed by atoms with Gasteiger partial charge in [0.15, 0.2) is 0 Å². The minimum Gasteiger partial charge on any atom is -0.467 e. The van der Waals surface area contributed by atoms with E-state index in [0.29, 0.717) is 11.9 Å². The third kappa shape index (κ3) is 4.77. The Morgan fingerprint density at radius 3 is 2.65 bits per heavy atom. The largest absolute Gasteiger partial charge is 0.467 e. The molecule has 0 atom stereocenters. The molecule has 0 spiro atoms. The SMILES string of the molecule is c1cnc(NCCN2CCC(Cc3nc4ccccc4n3Cc3ccco3)CC2)nc1. The lowest BCUT2D eigenvalue weighted by Crippen LogP contribution is -2.37. The van der Waals surface area contributed by atoms with Crippen molar-refractivity contribution in [3.8, 4) is 0 Å². The molecule has 0 saturated carbocycles. The van der Waals surface area contributed by atoms with Crippen molar-refractivity contribution in [2.24, 2.45) is 5.92 Å². The molecule has 160 valence electrons. The fraction of sp³-hybridized carbons (Fsp3) is 0.375. The average molecular weight is 417 g/mol. The monoisotopic (exact) mass is 416 g/mol. The lowest BCUT2D eigenvalue weighted by atomic mass is 9.93. The Balaban J connectivity index is 1.18. The number of nitrogens with one attached hydrogen (secondary N) is 1. The lowest BCUT2D eigenvalue weighted by molar-refractivity contribution is 0.188. The van der Waals surface area contributed by atoms with Gasteiger partial charge in [-0.25, -0.2) is 15.0 Å². The van der Waals surface area contributed by atoms with Crippen LogP contribution in [0.4, 0.5) is 5.95 Å². The molecule has 0 unspecified atom stereocenters. The summed E-state index contributed by atoms with van der Waals surface area (Å²) in [7, 11) is 0. The fourth-order valence-electron chi connectivity index (χ4n) is 4.40. The molecule has 4 aromatic rings. The molecule has 7 heteroatoms. The number of hydrogen-bond donors (Lipinski definition) is 1. The number of piperidine rings is 1. The molecule has 1 N–H and O–H groups in total. The third-order valence-corrected chi connectivity index (χ3v) is 6.08. The van der Waals surface area contributed by atoms with E-state index in [1.54, 1.807) is 18.7 Å². The van der Waals surface area contributed by atoms with Crippen LogP contribution in [0.5, 0.6) is 0 Å². The summed E-state index contributed by atoms with van der Waals surface area (Å²) < 4.78 is 7.94. The number of para-hydroxylation sites is 2. The highest BCUT2D eigenvalue weighted by Crippen LogP contribution is 2.25. The van der Waals surface area contributed by atoms with Crippen molar-refractivity contribution < 1.29 is 4.42 Å². The molecule has 0 amide bonds. The molecule has 1 aromatic carbocycles. The highest BCUT2D eigenvalue weighted by atomic mass is 16.3. The molecule has 0 aliphatic carbocycles.